The van der Waals surface area contributed by atoms with Gasteiger partial charge in [0.1, 0.15) is 5.75 Å². The molecule has 3 rings (SSSR count). The van der Waals surface area contributed by atoms with Crippen molar-refractivity contribution < 1.29 is 4.74 Å². The lowest BCUT2D eigenvalue weighted by molar-refractivity contribution is 0.415. The Morgan fingerprint density at radius 1 is 1.10 bits per heavy atom. The van der Waals surface area contributed by atoms with Crippen molar-refractivity contribution in [2.24, 2.45) is 0 Å². The molecule has 0 spiro atoms. The van der Waals surface area contributed by atoms with Crippen LogP contribution < -0.4 is 4.74 Å². The highest BCUT2D eigenvalue weighted by Gasteiger charge is 2.15. The Labute approximate surface area is 125 Å². The van der Waals surface area contributed by atoms with Crippen LogP contribution in [-0.2, 0) is 6.54 Å². The summed E-state index contributed by atoms with van der Waals surface area (Å²) in [5, 5.41) is 1.29. The van der Waals surface area contributed by atoms with Gasteiger partial charge in [0.15, 0.2) is 0 Å². The molecule has 1 aromatic carbocycles. The number of hydrogen-bond donors (Lipinski definition) is 0. The largest absolute Gasteiger partial charge is 0.497 e. The normalized spacial score (nSPS) is 11.0. The first-order valence-corrected chi connectivity index (χ1v) is 7.26. The molecule has 3 aromatic rings. The lowest BCUT2D eigenvalue weighted by Gasteiger charge is -2.09. The number of nitrogens with zero attached hydrogens (tertiary/aromatic N) is 2. The number of ether oxygens (including phenoxy) is 1. The topological polar surface area (TPSA) is 27.1 Å². The van der Waals surface area contributed by atoms with E-state index in [1.165, 1.54) is 22.2 Å². The molecule has 0 aliphatic rings. The molecule has 0 fully saturated rings. The second-order valence-corrected chi connectivity index (χ2v) is 5.24. The van der Waals surface area contributed by atoms with E-state index in [9.17, 15) is 0 Å². The maximum absolute atomic E-state index is 5.24. The Kier molecular flexibility index (Phi) is 3.42. The molecular weight excluding hydrogens is 260 g/mol. The van der Waals surface area contributed by atoms with Crippen molar-refractivity contribution in [1.29, 1.82) is 0 Å². The van der Waals surface area contributed by atoms with E-state index in [1.807, 2.05) is 18.3 Å². The third-order valence-corrected chi connectivity index (χ3v) is 4.23. The monoisotopic (exact) mass is 280 g/mol. The van der Waals surface area contributed by atoms with Gasteiger partial charge >= 0.3 is 0 Å². The Morgan fingerprint density at radius 3 is 2.43 bits per heavy atom. The summed E-state index contributed by atoms with van der Waals surface area (Å²) in [5.41, 5.74) is 6.03. The predicted molar refractivity (Wildman–Crippen MR) is 86.9 cm³/mol. The Balaban J connectivity index is 2.29. The van der Waals surface area contributed by atoms with E-state index in [1.54, 1.807) is 7.11 Å². The average molecular weight is 280 g/mol. The molecule has 0 N–H and O–H groups in total. The standard InChI is InChI=1S/C18H20N2O/c1-5-20-13(3)12(2)16-10-11-19-17(18(16)20)14-6-8-15(21-4)9-7-14/h6-11H,5H2,1-4H3. The van der Waals surface area contributed by atoms with Gasteiger partial charge in [0.05, 0.1) is 18.3 Å². The van der Waals surface area contributed by atoms with Crippen LogP contribution in [0.1, 0.15) is 18.2 Å². The molecular formula is C18H20N2O. The average Bonchev–Trinajstić information content (AvgIpc) is 2.79. The molecule has 0 bridgehead atoms. The van der Waals surface area contributed by atoms with Gasteiger partial charge in [-0.15, -0.1) is 0 Å². The van der Waals surface area contributed by atoms with E-state index in [-0.39, 0.29) is 0 Å². The molecule has 3 nitrogen and oxygen atoms in total. The maximum atomic E-state index is 5.24. The number of fused-ring (bicyclic) bond motifs is 1. The predicted octanol–water partition coefficient (Wildman–Crippen LogP) is 4.35. The first kappa shape index (κ1) is 13.7. The van der Waals surface area contributed by atoms with Gasteiger partial charge in [-0.3, -0.25) is 4.98 Å². The van der Waals surface area contributed by atoms with Gasteiger partial charge in [-0.05, 0) is 56.7 Å². The molecule has 0 aliphatic heterocycles. The molecule has 2 heterocycles. The molecule has 21 heavy (non-hydrogen) atoms. The minimum Gasteiger partial charge on any atom is -0.497 e. The highest BCUT2D eigenvalue weighted by Crippen LogP contribution is 2.32. The zero-order chi connectivity index (χ0) is 15.0. The molecule has 0 unspecified atom stereocenters. The summed E-state index contributed by atoms with van der Waals surface area (Å²) < 4.78 is 7.58. The van der Waals surface area contributed by atoms with E-state index < -0.39 is 0 Å². The zero-order valence-corrected chi connectivity index (χ0v) is 13.0. The molecule has 3 heteroatoms. The van der Waals surface area contributed by atoms with Crippen LogP contribution in [0.5, 0.6) is 5.75 Å². The number of benzene rings is 1. The van der Waals surface area contributed by atoms with Crippen LogP contribution in [0.4, 0.5) is 0 Å². The molecule has 2 aromatic heterocycles. The van der Waals surface area contributed by atoms with Crippen molar-refractivity contribution in [2.75, 3.05) is 7.11 Å². The molecule has 0 amide bonds. The SMILES string of the molecule is CCn1c(C)c(C)c2ccnc(-c3ccc(OC)cc3)c21. The summed E-state index contributed by atoms with van der Waals surface area (Å²) in [6.07, 6.45) is 1.90. The van der Waals surface area contributed by atoms with Gasteiger partial charge in [-0.2, -0.15) is 0 Å². The van der Waals surface area contributed by atoms with Gasteiger partial charge in [0.25, 0.3) is 0 Å². The van der Waals surface area contributed by atoms with E-state index >= 15 is 0 Å². The number of pyridine rings is 1. The highest BCUT2D eigenvalue weighted by atomic mass is 16.5. The number of hydrogen-bond acceptors (Lipinski definition) is 2. The van der Waals surface area contributed by atoms with E-state index in [0.717, 1.165) is 23.6 Å². The maximum Gasteiger partial charge on any atom is 0.118 e. The van der Waals surface area contributed by atoms with Crippen molar-refractivity contribution in [1.82, 2.24) is 9.55 Å². The minimum absolute atomic E-state index is 0.865. The number of rotatable bonds is 3. The molecule has 0 radical (unpaired) electrons. The quantitative estimate of drug-likeness (QED) is 0.713. The molecule has 0 atom stereocenters. The summed E-state index contributed by atoms with van der Waals surface area (Å²) in [6, 6.07) is 10.2. The fraction of sp³-hybridized carbons (Fsp3) is 0.278. The Hall–Kier alpha value is -2.29. The van der Waals surface area contributed by atoms with Crippen molar-refractivity contribution >= 4 is 10.9 Å². The fourth-order valence-electron chi connectivity index (χ4n) is 2.95. The van der Waals surface area contributed by atoms with E-state index in [2.05, 4.69) is 48.5 Å². The zero-order valence-electron chi connectivity index (χ0n) is 13.0. The summed E-state index contributed by atoms with van der Waals surface area (Å²) in [4.78, 5) is 4.63. The van der Waals surface area contributed by atoms with Crippen LogP contribution in [0.2, 0.25) is 0 Å². The summed E-state index contributed by atoms with van der Waals surface area (Å²) >= 11 is 0. The number of aryl methyl sites for hydroxylation is 2. The van der Waals surface area contributed by atoms with Gasteiger partial charge in [0, 0.05) is 29.4 Å². The van der Waals surface area contributed by atoms with Crippen LogP contribution in [-0.4, -0.2) is 16.7 Å². The van der Waals surface area contributed by atoms with Crippen molar-refractivity contribution in [3.63, 3.8) is 0 Å². The third kappa shape index (κ3) is 2.09. The van der Waals surface area contributed by atoms with Crippen molar-refractivity contribution in [3.8, 4) is 17.0 Å². The van der Waals surface area contributed by atoms with Gasteiger partial charge < -0.3 is 9.30 Å². The van der Waals surface area contributed by atoms with E-state index in [4.69, 9.17) is 4.74 Å². The lowest BCUT2D eigenvalue weighted by atomic mass is 10.1. The second kappa shape index (κ2) is 5.24. The van der Waals surface area contributed by atoms with Gasteiger partial charge in [0.2, 0.25) is 0 Å². The molecule has 0 saturated heterocycles. The van der Waals surface area contributed by atoms with Crippen molar-refractivity contribution in [2.45, 2.75) is 27.3 Å². The summed E-state index contributed by atoms with van der Waals surface area (Å²) in [5.74, 6) is 0.865. The first-order chi connectivity index (χ1) is 10.2. The van der Waals surface area contributed by atoms with Gasteiger partial charge in [-0.1, -0.05) is 0 Å². The smallest absolute Gasteiger partial charge is 0.118 e. The second-order valence-electron chi connectivity index (χ2n) is 5.24. The van der Waals surface area contributed by atoms with Crippen LogP contribution in [0, 0.1) is 13.8 Å². The molecule has 0 saturated carbocycles. The van der Waals surface area contributed by atoms with Crippen molar-refractivity contribution in [3.05, 3.63) is 47.8 Å². The first-order valence-electron chi connectivity index (χ1n) is 7.26. The van der Waals surface area contributed by atoms with Gasteiger partial charge in [-0.25, -0.2) is 0 Å². The highest BCUT2D eigenvalue weighted by molar-refractivity contribution is 5.95. The minimum atomic E-state index is 0.865. The third-order valence-electron chi connectivity index (χ3n) is 4.23. The fourth-order valence-corrected chi connectivity index (χ4v) is 2.95. The number of methoxy groups -OCH3 is 1. The molecule has 0 aliphatic carbocycles. The molecule has 108 valence electrons. The summed E-state index contributed by atoms with van der Waals surface area (Å²) in [7, 11) is 1.68. The summed E-state index contributed by atoms with van der Waals surface area (Å²) in [6.45, 7) is 7.49. The van der Waals surface area contributed by atoms with Crippen LogP contribution >= 0.6 is 0 Å². The van der Waals surface area contributed by atoms with E-state index in [0.29, 0.717) is 0 Å². The number of aromatic nitrogens is 2. The van der Waals surface area contributed by atoms with Crippen LogP contribution in [0.15, 0.2) is 36.5 Å². The Morgan fingerprint density at radius 2 is 1.81 bits per heavy atom. The van der Waals surface area contributed by atoms with Crippen LogP contribution in [0.3, 0.4) is 0 Å². The lowest BCUT2D eigenvalue weighted by Crippen LogP contribution is -1.98. The Bertz CT molecular complexity index is 785. The van der Waals surface area contributed by atoms with Crippen LogP contribution in [0.25, 0.3) is 22.2 Å².